The van der Waals surface area contributed by atoms with E-state index in [2.05, 4.69) is 41.3 Å². The molecule has 3 aromatic rings. The summed E-state index contributed by atoms with van der Waals surface area (Å²) in [7, 11) is 2.07. The summed E-state index contributed by atoms with van der Waals surface area (Å²) in [6, 6.07) is 17.6. The quantitative estimate of drug-likeness (QED) is 0.483. The van der Waals surface area contributed by atoms with E-state index in [1.165, 1.54) is 5.56 Å². The number of ether oxygens (including phenoxy) is 2. The maximum absolute atomic E-state index is 13.0. The molecule has 0 saturated heterocycles. The first kappa shape index (κ1) is 27.8. The molecule has 2 heterocycles. The van der Waals surface area contributed by atoms with Crippen LogP contribution >= 0.6 is 0 Å². The van der Waals surface area contributed by atoms with Crippen molar-refractivity contribution in [1.82, 2.24) is 24.8 Å². The lowest BCUT2D eigenvalue weighted by molar-refractivity contribution is -0.136. The highest BCUT2D eigenvalue weighted by atomic mass is 16.5. The van der Waals surface area contributed by atoms with Crippen molar-refractivity contribution < 1.29 is 19.4 Å². The van der Waals surface area contributed by atoms with E-state index in [1.807, 2.05) is 55.6 Å². The van der Waals surface area contributed by atoms with Gasteiger partial charge in [-0.05, 0) is 50.2 Å². The Morgan fingerprint density at radius 2 is 1.89 bits per heavy atom. The van der Waals surface area contributed by atoms with E-state index in [0.717, 1.165) is 23.7 Å². The van der Waals surface area contributed by atoms with Gasteiger partial charge in [0.1, 0.15) is 17.2 Å². The van der Waals surface area contributed by atoms with Gasteiger partial charge < -0.3 is 19.5 Å². The third kappa shape index (κ3) is 7.86. The number of amides is 1. The van der Waals surface area contributed by atoms with Crippen LogP contribution in [0, 0.1) is 5.92 Å². The SMILES string of the molecule is C[C@@H]1CN([C@H](C)CO)C(=O)CCCn2cc(nn2)CO[C@@H]1CN(C)Cc1ccc(Oc2ccccc2)cc1. The average Bonchev–Trinajstić information content (AvgIpc) is 3.38. The second-order valence-corrected chi connectivity index (χ2v) is 10.2. The standard InChI is InChI=1S/C29H39N5O4/c1-22-16-34(23(2)20-35)29(36)10-7-15-33-18-25(30-31-33)21-37-28(22)19-32(3)17-24-11-13-27(14-12-24)38-26-8-5-4-6-9-26/h4-6,8-9,11-14,18,22-23,28,35H,7,10,15-17,19-21H2,1-3H3/t22-,23-,28-/m1/s1. The largest absolute Gasteiger partial charge is 0.457 e. The van der Waals surface area contributed by atoms with E-state index < -0.39 is 0 Å². The van der Waals surface area contributed by atoms with E-state index >= 15 is 0 Å². The van der Waals surface area contributed by atoms with Crippen LogP contribution in [0.5, 0.6) is 11.5 Å². The zero-order valence-electron chi connectivity index (χ0n) is 22.6. The Kier molecular flexibility index (Phi) is 9.86. The number of aryl methyl sites for hydroxylation is 1. The number of likely N-dealkylation sites (N-methyl/N-ethyl adjacent to an activating group) is 1. The van der Waals surface area contributed by atoms with E-state index in [4.69, 9.17) is 9.47 Å². The number of nitrogens with zero attached hydrogens (tertiary/aromatic N) is 5. The molecule has 1 aliphatic rings. The second-order valence-electron chi connectivity index (χ2n) is 10.2. The Morgan fingerprint density at radius 3 is 2.63 bits per heavy atom. The molecular weight excluding hydrogens is 482 g/mol. The van der Waals surface area contributed by atoms with E-state index in [1.54, 1.807) is 9.58 Å². The molecule has 38 heavy (non-hydrogen) atoms. The molecule has 1 aromatic heterocycles. The number of para-hydroxylation sites is 1. The summed E-state index contributed by atoms with van der Waals surface area (Å²) < 4.78 is 14.1. The van der Waals surface area contributed by atoms with Crippen molar-refractivity contribution in [2.75, 3.05) is 26.7 Å². The molecule has 0 unspecified atom stereocenters. The van der Waals surface area contributed by atoms with Gasteiger partial charge in [0.05, 0.1) is 31.6 Å². The molecule has 2 aromatic carbocycles. The van der Waals surface area contributed by atoms with Gasteiger partial charge >= 0.3 is 0 Å². The maximum atomic E-state index is 13.0. The maximum Gasteiger partial charge on any atom is 0.222 e. The normalized spacial score (nSPS) is 19.9. The number of aromatic nitrogens is 3. The molecule has 204 valence electrons. The molecule has 0 aliphatic carbocycles. The number of aliphatic hydroxyl groups is 1. The molecule has 9 nitrogen and oxygen atoms in total. The fourth-order valence-electron chi connectivity index (χ4n) is 4.66. The molecule has 2 bridgehead atoms. The van der Waals surface area contributed by atoms with Crippen LogP contribution in [-0.2, 0) is 29.2 Å². The zero-order valence-corrected chi connectivity index (χ0v) is 22.6. The summed E-state index contributed by atoms with van der Waals surface area (Å²) in [5.41, 5.74) is 1.95. The Balaban J connectivity index is 1.42. The van der Waals surface area contributed by atoms with Gasteiger partial charge in [-0.25, -0.2) is 0 Å². The molecule has 1 amide bonds. The number of hydrogen-bond donors (Lipinski definition) is 1. The van der Waals surface area contributed by atoms with Crippen LogP contribution in [-0.4, -0.2) is 74.7 Å². The first-order valence-electron chi connectivity index (χ1n) is 13.3. The van der Waals surface area contributed by atoms with Crippen molar-refractivity contribution in [1.29, 1.82) is 0 Å². The highest BCUT2D eigenvalue weighted by Gasteiger charge is 2.28. The first-order valence-corrected chi connectivity index (χ1v) is 13.3. The summed E-state index contributed by atoms with van der Waals surface area (Å²) in [4.78, 5) is 17.1. The van der Waals surface area contributed by atoms with E-state index in [0.29, 0.717) is 39.1 Å². The number of carbonyl (C=O) groups is 1. The summed E-state index contributed by atoms with van der Waals surface area (Å²) in [5, 5.41) is 18.2. The summed E-state index contributed by atoms with van der Waals surface area (Å²) >= 11 is 0. The highest BCUT2D eigenvalue weighted by Crippen LogP contribution is 2.22. The average molecular weight is 522 g/mol. The monoisotopic (exact) mass is 521 g/mol. The van der Waals surface area contributed by atoms with Crippen LogP contribution in [0.25, 0.3) is 0 Å². The van der Waals surface area contributed by atoms with E-state index in [9.17, 15) is 9.90 Å². The Hall–Kier alpha value is -3.27. The van der Waals surface area contributed by atoms with Gasteiger partial charge in [-0.2, -0.15) is 0 Å². The minimum Gasteiger partial charge on any atom is -0.457 e. The van der Waals surface area contributed by atoms with Gasteiger partial charge in [0.25, 0.3) is 0 Å². The highest BCUT2D eigenvalue weighted by molar-refractivity contribution is 5.76. The molecule has 4 rings (SSSR count). The minimum atomic E-state index is -0.248. The third-order valence-corrected chi connectivity index (χ3v) is 6.89. The van der Waals surface area contributed by atoms with Crippen LogP contribution in [0.15, 0.2) is 60.8 Å². The van der Waals surface area contributed by atoms with Gasteiger partial charge in [0.2, 0.25) is 5.91 Å². The lowest BCUT2D eigenvalue weighted by Crippen LogP contribution is -2.47. The van der Waals surface area contributed by atoms with Crippen molar-refractivity contribution in [3.05, 3.63) is 72.1 Å². The third-order valence-electron chi connectivity index (χ3n) is 6.89. The van der Waals surface area contributed by atoms with Crippen molar-refractivity contribution in [3.8, 4) is 11.5 Å². The number of hydrogen-bond acceptors (Lipinski definition) is 7. The summed E-state index contributed by atoms with van der Waals surface area (Å²) in [6.45, 7) is 6.84. The van der Waals surface area contributed by atoms with Gasteiger partial charge in [-0.15, -0.1) is 5.10 Å². The van der Waals surface area contributed by atoms with Crippen molar-refractivity contribution in [2.45, 2.75) is 58.5 Å². The fraction of sp³-hybridized carbons (Fsp3) is 0.483. The van der Waals surface area contributed by atoms with E-state index in [-0.39, 0.29) is 30.6 Å². The van der Waals surface area contributed by atoms with Crippen LogP contribution in [0.2, 0.25) is 0 Å². The number of benzene rings is 2. The smallest absolute Gasteiger partial charge is 0.222 e. The molecular formula is C29H39N5O4. The molecule has 1 N–H and O–H groups in total. The number of fused-ring (bicyclic) bond motifs is 2. The minimum absolute atomic E-state index is 0.0444. The van der Waals surface area contributed by atoms with Gasteiger partial charge in [-0.3, -0.25) is 14.4 Å². The van der Waals surface area contributed by atoms with Crippen LogP contribution in [0.1, 0.15) is 37.9 Å². The van der Waals surface area contributed by atoms with Crippen molar-refractivity contribution in [2.24, 2.45) is 5.92 Å². The Bertz CT molecular complexity index is 1140. The molecule has 9 heteroatoms. The van der Waals surface area contributed by atoms with Gasteiger partial charge in [0, 0.05) is 38.5 Å². The summed E-state index contributed by atoms with van der Waals surface area (Å²) in [6.07, 6.45) is 2.82. The predicted octanol–water partition coefficient (Wildman–Crippen LogP) is 3.73. The first-order chi connectivity index (χ1) is 18.4. The van der Waals surface area contributed by atoms with Crippen molar-refractivity contribution in [3.63, 3.8) is 0 Å². The number of rotatable bonds is 8. The van der Waals surface area contributed by atoms with Crippen LogP contribution in [0.4, 0.5) is 0 Å². The molecule has 0 spiro atoms. The van der Waals surface area contributed by atoms with Crippen molar-refractivity contribution >= 4 is 5.91 Å². The lowest BCUT2D eigenvalue weighted by Gasteiger charge is -2.35. The topological polar surface area (TPSA) is 93.0 Å². The number of aliphatic hydroxyl groups excluding tert-OH is 1. The van der Waals surface area contributed by atoms with Gasteiger partial charge in [-0.1, -0.05) is 42.5 Å². The Morgan fingerprint density at radius 1 is 1.16 bits per heavy atom. The molecule has 0 saturated carbocycles. The number of carbonyl (C=O) groups excluding carboxylic acids is 1. The van der Waals surface area contributed by atoms with Crippen LogP contribution < -0.4 is 4.74 Å². The molecule has 1 aliphatic heterocycles. The molecule has 3 atom stereocenters. The zero-order chi connectivity index (χ0) is 26.9. The molecule has 0 radical (unpaired) electrons. The summed E-state index contributed by atoms with van der Waals surface area (Å²) in [5.74, 6) is 1.70. The Labute approximate surface area is 225 Å². The predicted molar refractivity (Wildman–Crippen MR) is 145 cm³/mol. The second kappa shape index (κ2) is 13.5. The molecule has 0 fully saturated rings. The fourth-order valence-corrected chi connectivity index (χ4v) is 4.66. The van der Waals surface area contributed by atoms with Crippen LogP contribution in [0.3, 0.4) is 0 Å². The lowest BCUT2D eigenvalue weighted by atomic mass is 10.0. The van der Waals surface area contributed by atoms with Gasteiger partial charge in [0.15, 0.2) is 0 Å².